The van der Waals surface area contributed by atoms with Gasteiger partial charge >= 0.3 is 0 Å². The van der Waals surface area contributed by atoms with Gasteiger partial charge in [0.2, 0.25) is 0 Å². The van der Waals surface area contributed by atoms with Crippen LogP contribution < -0.4 is 0 Å². The minimum Gasteiger partial charge on any atom is -0.309 e. The van der Waals surface area contributed by atoms with Crippen molar-refractivity contribution < 1.29 is 0 Å². The number of para-hydroxylation sites is 2. The van der Waals surface area contributed by atoms with Crippen LogP contribution in [0.5, 0.6) is 0 Å². The van der Waals surface area contributed by atoms with Crippen molar-refractivity contribution in [1.82, 2.24) is 23.3 Å². The van der Waals surface area contributed by atoms with Gasteiger partial charge < -0.3 is 4.57 Å². The molecule has 0 atom stereocenters. The third-order valence-electron chi connectivity index (χ3n) is 15.1. The zero-order chi connectivity index (χ0) is 45.6. The molecule has 6 heterocycles. The van der Waals surface area contributed by atoms with Gasteiger partial charge in [-0.3, -0.25) is 8.80 Å². The normalized spacial score (nSPS) is 13.4. The molecular formula is C62H51N5. The number of rotatable bonds is 2. The van der Waals surface area contributed by atoms with Crippen LogP contribution in [0.2, 0.25) is 0 Å². The molecule has 0 amide bonds. The second kappa shape index (κ2) is 12.7. The second-order valence-corrected chi connectivity index (χ2v) is 22.4. The molecule has 0 aliphatic rings. The fourth-order valence-electron chi connectivity index (χ4n) is 11.5. The molecular weight excluding hydrogens is 815 g/mol. The smallest absolute Gasteiger partial charge is 0.165 e. The lowest BCUT2D eigenvalue weighted by Crippen LogP contribution is -2.11. The molecule has 67 heavy (non-hydrogen) atoms. The summed E-state index contributed by atoms with van der Waals surface area (Å²) in [5.74, 6) is 0. The minimum absolute atomic E-state index is 0.0700. The van der Waals surface area contributed by atoms with Crippen LogP contribution in [0.4, 0.5) is 0 Å². The van der Waals surface area contributed by atoms with Gasteiger partial charge in [-0.2, -0.15) is 0 Å². The highest BCUT2D eigenvalue weighted by atomic mass is 15.1. The predicted molar refractivity (Wildman–Crippen MR) is 285 cm³/mol. The molecule has 8 aromatic carbocycles. The summed E-state index contributed by atoms with van der Waals surface area (Å²) in [6, 6.07) is 54.8. The Bertz CT molecular complexity index is 4420. The van der Waals surface area contributed by atoms with Crippen LogP contribution in [-0.4, -0.2) is 23.3 Å². The van der Waals surface area contributed by atoms with Gasteiger partial charge in [0.15, 0.2) is 11.3 Å². The highest BCUT2D eigenvalue weighted by Crippen LogP contribution is 2.48. The summed E-state index contributed by atoms with van der Waals surface area (Å²) in [6.07, 6.45) is 0. The van der Waals surface area contributed by atoms with Gasteiger partial charge in [0.1, 0.15) is 11.0 Å². The Morgan fingerprint density at radius 1 is 0.358 bits per heavy atom. The lowest BCUT2D eigenvalue weighted by molar-refractivity contribution is 0.591. The van der Waals surface area contributed by atoms with Crippen LogP contribution in [0.1, 0.15) is 79.0 Å². The van der Waals surface area contributed by atoms with E-state index in [4.69, 9.17) is 9.97 Å². The van der Waals surface area contributed by atoms with E-state index in [2.05, 4.69) is 221 Å². The van der Waals surface area contributed by atoms with E-state index in [-0.39, 0.29) is 16.2 Å². The molecule has 0 saturated carbocycles. The Labute approximate surface area is 388 Å². The van der Waals surface area contributed by atoms with E-state index in [1.807, 2.05) is 0 Å². The molecule has 0 unspecified atom stereocenters. The summed E-state index contributed by atoms with van der Waals surface area (Å²) in [5, 5.41) is 12.3. The lowest BCUT2D eigenvalue weighted by atomic mass is 9.83. The highest BCUT2D eigenvalue weighted by molar-refractivity contribution is 6.28. The molecule has 0 aliphatic carbocycles. The molecule has 0 N–H and O–H groups in total. The van der Waals surface area contributed by atoms with Crippen molar-refractivity contribution in [2.24, 2.45) is 0 Å². The molecule has 0 radical (unpaired) electrons. The first kappa shape index (κ1) is 38.7. The standard InChI is InChI=1S/C62H51N5/c1-60(2,3)37-28-42(36-23-24-51-43(26-36)41-21-15-16-22-50(41)65(51)40-19-11-10-12-20-40)55-46(30-37)47-31-39(62(7,8)9)33-49-54-59(67(55)57(47)49)64-53-48-32-38(61(4,5)6)29-45-44-25-34-17-13-14-18-35(34)27-52(44)66(56(45)48)58(53)63-54/h10-33H,1-9H3. The van der Waals surface area contributed by atoms with Crippen molar-refractivity contribution in [3.63, 3.8) is 0 Å². The van der Waals surface area contributed by atoms with Gasteiger partial charge in [-0.1, -0.05) is 129 Å². The number of benzene rings is 8. The quantitative estimate of drug-likeness (QED) is 0.174. The molecule has 0 saturated heterocycles. The van der Waals surface area contributed by atoms with Gasteiger partial charge in [0.25, 0.3) is 0 Å². The zero-order valence-electron chi connectivity index (χ0n) is 39.6. The third-order valence-corrected chi connectivity index (χ3v) is 15.1. The van der Waals surface area contributed by atoms with Crippen LogP contribution in [0.3, 0.4) is 0 Å². The number of hydrogen-bond donors (Lipinski definition) is 0. The summed E-state index contributed by atoms with van der Waals surface area (Å²) in [4.78, 5) is 11.8. The Hall–Kier alpha value is -7.50. The van der Waals surface area contributed by atoms with Crippen molar-refractivity contribution in [2.45, 2.75) is 78.6 Å². The molecule has 14 rings (SSSR count). The first-order chi connectivity index (χ1) is 32.1. The molecule has 5 heteroatoms. The summed E-state index contributed by atoms with van der Waals surface area (Å²) < 4.78 is 7.30. The number of fused-ring (bicyclic) bond motifs is 16. The van der Waals surface area contributed by atoms with Crippen LogP contribution in [0.25, 0.3) is 126 Å². The second-order valence-electron chi connectivity index (χ2n) is 22.4. The molecule has 14 aromatic rings. The van der Waals surface area contributed by atoms with Crippen LogP contribution in [0.15, 0.2) is 146 Å². The minimum atomic E-state index is -0.0993. The van der Waals surface area contributed by atoms with Crippen molar-refractivity contribution in [1.29, 1.82) is 0 Å². The van der Waals surface area contributed by atoms with E-state index in [0.29, 0.717) is 0 Å². The fourth-order valence-corrected chi connectivity index (χ4v) is 11.5. The molecule has 0 spiro atoms. The number of aromatic nitrogens is 5. The van der Waals surface area contributed by atoms with E-state index in [0.717, 1.165) is 38.8 Å². The third kappa shape index (κ3) is 5.20. The average Bonchev–Trinajstić information content (AvgIpc) is 4.09. The van der Waals surface area contributed by atoms with Crippen LogP contribution in [0, 0.1) is 0 Å². The van der Waals surface area contributed by atoms with E-state index in [1.165, 1.54) is 104 Å². The Morgan fingerprint density at radius 2 is 0.851 bits per heavy atom. The maximum absolute atomic E-state index is 5.90. The first-order valence-electron chi connectivity index (χ1n) is 23.8. The van der Waals surface area contributed by atoms with Crippen molar-refractivity contribution in [3.8, 4) is 16.8 Å². The van der Waals surface area contributed by atoms with Crippen molar-refractivity contribution >= 4 is 109 Å². The fraction of sp³-hybridized carbons (Fsp3) is 0.194. The monoisotopic (exact) mass is 865 g/mol. The SMILES string of the molecule is CC(C)(C)c1cc(-c2ccc3c(c2)c2ccccc2n3-c2ccccc2)c2c(c1)c1cc(C(C)(C)C)cc3c4nc5c(nc4n2c13)c1cc(C(C)(C)C)cc2c3cc4ccccc4cc3n5c21. The number of nitrogens with zero attached hydrogens (tertiary/aromatic N) is 5. The Kier molecular flexibility index (Phi) is 7.33. The largest absolute Gasteiger partial charge is 0.309 e. The summed E-state index contributed by atoms with van der Waals surface area (Å²) >= 11 is 0. The van der Waals surface area contributed by atoms with Gasteiger partial charge in [-0.25, -0.2) is 9.97 Å². The Balaban J connectivity index is 1.16. The first-order valence-corrected chi connectivity index (χ1v) is 23.8. The molecule has 324 valence electrons. The summed E-state index contributed by atoms with van der Waals surface area (Å²) in [5.41, 5.74) is 18.0. The molecule has 6 aromatic heterocycles. The van der Waals surface area contributed by atoms with Gasteiger partial charge in [0, 0.05) is 54.3 Å². The van der Waals surface area contributed by atoms with Crippen molar-refractivity contribution in [2.75, 3.05) is 0 Å². The summed E-state index contributed by atoms with van der Waals surface area (Å²) in [7, 11) is 0. The Morgan fingerprint density at radius 3 is 1.51 bits per heavy atom. The average molecular weight is 866 g/mol. The van der Waals surface area contributed by atoms with E-state index in [9.17, 15) is 0 Å². The molecule has 0 bridgehead atoms. The van der Waals surface area contributed by atoms with Crippen molar-refractivity contribution in [3.05, 3.63) is 162 Å². The van der Waals surface area contributed by atoms with Gasteiger partial charge in [-0.05, 0) is 128 Å². The topological polar surface area (TPSA) is 39.5 Å². The zero-order valence-corrected chi connectivity index (χ0v) is 39.6. The highest BCUT2D eigenvalue weighted by Gasteiger charge is 2.30. The maximum atomic E-state index is 5.90. The molecule has 0 aliphatic heterocycles. The van der Waals surface area contributed by atoms with E-state index in [1.54, 1.807) is 0 Å². The van der Waals surface area contributed by atoms with Gasteiger partial charge in [0.05, 0.1) is 33.1 Å². The maximum Gasteiger partial charge on any atom is 0.165 e. The van der Waals surface area contributed by atoms with Crippen LogP contribution >= 0.6 is 0 Å². The predicted octanol–water partition coefficient (Wildman–Crippen LogP) is 16.6. The van der Waals surface area contributed by atoms with E-state index < -0.39 is 0 Å². The van der Waals surface area contributed by atoms with Gasteiger partial charge in [-0.15, -0.1) is 0 Å². The van der Waals surface area contributed by atoms with E-state index >= 15 is 0 Å². The summed E-state index contributed by atoms with van der Waals surface area (Å²) in [6.45, 7) is 20.9. The molecule has 0 fully saturated rings. The number of hydrogen-bond acceptors (Lipinski definition) is 2. The lowest BCUT2D eigenvalue weighted by Gasteiger charge is -2.21. The molecule has 5 nitrogen and oxygen atoms in total. The van der Waals surface area contributed by atoms with Crippen LogP contribution in [-0.2, 0) is 16.2 Å².